The number of phenolic OH excluding ortho intramolecular Hbond substituents is 1. The Balaban J connectivity index is 2.37. The summed E-state index contributed by atoms with van der Waals surface area (Å²) in [6.45, 7) is 1.62. The van der Waals surface area contributed by atoms with E-state index >= 15 is 0 Å². The third kappa shape index (κ3) is 1.96. The van der Waals surface area contributed by atoms with Crippen molar-refractivity contribution in [2.24, 2.45) is 0 Å². The summed E-state index contributed by atoms with van der Waals surface area (Å²) in [5, 5.41) is 10.4. The first kappa shape index (κ1) is 15.9. The minimum absolute atomic E-state index is 0.0157. The van der Waals surface area contributed by atoms with Gasteiger partial charge in [-0.25, -0.2) is 0 Å². The third-order valence-electron chi connectivity index (χ3n) is 4.22. The van der Waals surface area contributed by atoms with Crippen LogP contribution in [0.25, 0.3) is 0 Å². The molecule has 0 unspecified atom stereocenters. The number of fused-ring (bicyclic) bond motifs is 2. The van der Waals surface area contributed by atoms with Gasteiger partial charge in [-0.15, -0.1) is 0 Å². The molecule has 6 nitrogen and oxygen atoms in total. The van der Waals surface area contributed by atoms with E-state index < -0.39 is 11.6 Å². The van der Waals surface area contributed by atoms with E-state index in [4.69, 9.17) is 14.2 Å². The van der Waals surface area contributed by atoms with Crippen LogP contribution >= 0.6 is 0 Å². The summed E-state index contributed by atoms with van der Waals surface area (Å²) in [5.74, 6) is -0.240. The fourth-order valence-corrected chi connectivity index (χ4v) is 2.98. The van der Waals surface area contributed by atoms with Gasteiger partial charge in [-0.3, -0.25) is 9.59 Å². The summed E-state index contributed by atoms with van der Waals surface area (Å²) in [6, 6.07) is 4.52. The minimum Gasteiger partial charge on any atom is -0.507 e. The Morgan fingerprint density at radius 1 is 0.833 bits per heavy atom. The van der Waals surface area contributed by atoms with Gasteiger partial charge in [0, 0.05) is 16.7 Å². The molecule has 0 atom stereocenters. The van der Waals surface area contributed by atoms with E-state index in [9.17, 15) is 14.7 Å². The first-order valence-corrected chi connectivity index (χ1v) is 7.21. The van der Waals surface area contributed by atoms with Gasteiger partial charge in [0.05, 0.1) is 32.5 Å². The van der Waals surface area contributed by atoms with E-state index in [-0.39, 0.29) is 33.8 Å². The molecule has 0 aromatic heterocycles. The highest BCUT2D eigenvalue weighted by molar-refractivity contribution is 6.30. The second-order valence-corrected chi connectivity index (χ2v) is 5.36. The number of phenols is 1. The summed E-state index contributed by atoms with van der Waals surface area (Å²) < 4.78 is 15.7. The van der Waals surface area contributed by atoms with Crippen molar-refractivity contribution in [2.45, 2.75) is 6.92 Å². The quantitative estimate of drug-likeness (QED) is 0.795. The first-order valence-electron chi connectivity index (χ1n) is 7.21. The number of carbonyl (C=O) groups is 2. The van der Waals surface area contributed by atoms with E-state index in [2.05, 4.69) is 0 Å². The lowest BCUT2D eigenvalue weighted by Crippen LogP contribution is -2.22. The lowest BCUT2D eigenvalue weighted by atomic mass is 9.82. The number of ketones is 2. The summed E-state index contributed by atoms with van der Waals surface area (Å²) in [5.41, 5.74) is 0.767. The number of ether oxygens (including phenoxy) is 3. The Labute approximate surface area is 138 Å². The zero-order chi connectivity index (χ0) is 17.6. The van der Waals surface area contributed by atoms with Crippen LogP contribution in [0.15, 0.2) is 18.2 Å². The lowest BCUT2D eigenvalue weighted by molar-refractivity contribution is 0.0973. The maximum atomic E-state index is 13.0. The van der Waals surface area contributed by atoms with Gasteiger partial charge in [0.25, 0.3) is 0 Å². The molecule has 0 saturated heterocycles. The number of methoxy groups -OCH3 is 3. The Morgan fingerprint density at radius 2 is 1.46 bits per heavy atom. The molecule has 2 aromatic rings. The summed E-state index contributed by atoms with van der Waals surface area (Å²) in [6.07, 6.45) is 0. The van der Waals surface area contributed by atoms with Crippen molar-refractivity contribution >= 4 is 11.6 Å². The van der Waals surface area contributed by atoms with Gasteiger partial charge >= 0.3 is 0 Å². The smallest absolute Gasteiger partial charge is 0.198 e. The predicted octanol–water partition coefficient (Wildman–Crippen LogP) is 2.50. The van der Waals surface area contributed by atoms with Crippen LogP contribution in [-0.2, 0) is 0 Å². The molecule has 0 spiro atoms. The molecule has 0 aliphatic heterocycles. The average Bonchev–Trinajstić information content (AvgIpc) is 2.60. The van der Waals surface area contributed by atoms with Gasteiger partial charge < -0.3 is 19.3 Å². The van der Waals surface area contributed by atoms with Crippen LogP contribution < -0.4 is 14.2 Å². The summed E-state index contributed by atoms with van der Waals surface area (Å²) >= 11 is 0. The normalized spacial score (nSPS) is 12.5. The van der Waals surface area contributed by atoms with Crippen molar-refractivity contribution in [3.05, 3.63) is 46.0 Å². The molecule has 0 radical (unpaired) electrons. The van der Waals surface area contributed by atoms with Crippen LogP contribution in [-0.4, -0.2) is 38.0 Å². The maximum Gasteiger partial charge on any atom is 0.198 e. The molecule has 0 amide bonds. The van der Waals surface area contributed by atoms with Crippen LogP contribution in [0.3, 0.4) is 0 Å². The zero-order valence-corrected chi connectivity index (χ0v) is 13.7. The number of hydrogen-bond acceptors (Lipinski definition) is 6. The second kappa shape index (κ2) is 5.56. The molecule has 24 heavy (non-hydrogen) atoms. The van der Waals surface area contributed by atoms with Gasteiger partial charge in [0.1, 0.15) is 11.5 Å². The molecule has 1 N–H and O–H groups in total. The van der Waals surface area contributed by atoms with Gasteiger partial charge in [0.2, 0.25) is 0 Å². The molecule has 3 rings (SSSR count). The van der Waals surface area contributed by atoms with Crippen LogP contribution in [0.4, 0.5) is 0 Å². The van der Waals surface area contributed by atoms with Gasteiger partial charge in [-0.2, -0.15) is 0 Å². The van der Waals surface area contributed by atoms with E-state index in [1.807, 2.05) is 0 Å². The topological polar surface area (TPSA) is 82.1 Å². The van der Waals surface area contributed by atoms with Crippen molar-refractivity contribution in [1.82, 2.24) is 0 Å². The van der Waals surface area contributed by atoms with Crippen molar-refractivity contribution in [1.29, 1.82) is 0 Å². The average molecular weight is 328 g/mol. The molecule has 0 saturated carbocycles. The molecular formula is C18H16O6. The highest BCUT2D eigenvalue weighted by Crippen LogP contribution is 2.43. The Hall–Kier alpha value is -3.02. The number of aromatic hydroxyl groups is 1. The van der Waals surface area contributed by atoms with Crippen molar-refractivity contribution in [3.8, 4) is 23.0 Å². The number of hydrogen-bond donors (Lipinski definition) is 1. The monoisotopic (exact) mass is 328 g/mol. The molecular weight excluding hydrogens is 312 g/mol. The highest BCUT2D eigenvalue weighted by Gasteiger charge is 2.37. The van der Waals surface area contributed by atoms with Crippen molar-refractivity contribution in [2.75, 3.05) is 21.3 Å². The SMILES string of the molecule is COc1cc2c(c(O)c1C)C(=O)c1ccc(OC)c(OC)c1C2=O. The van der Waals surface area contributed by atoms with Gasteiger partial charge in [-0.1, -0.05) is 0 Å². The molecule has 124 valence electrons. The largest absolute Gasteiger partial charge is 0.507 e. The minimum atomic E-state index is -0.441. The van der Waals surface area contributed by atoms with Crippen molar-refractivity contribution < 1.29 is 28.9 Å². The Morgan fingerprint density at radius 3 is 2.04 bits per heavy atom. The first-order chi connectivity index (χ1) is 11.5. The van der Waals surface area contributed by atoms with Crippen LogP contribution in [0.1, 0.15) is 37.4 Å². The highest BCUT2D eigenvalue weighted by atomic mass is 16.5. The maximum absolute atomic E-state index is 13.0. The van der Waals surface area contributed by atoms with Gasteiger partial charge in [0.15, 0.2) is 23.1 Å². The van der Waals surface area contributed by atoms with Crippen LogP contribution in [0.5, 0.6) is 23.0 Å². The fraction of sp³-hybridized carbons (Fsp3) is 0.222. The summed E-state index contributed by atoms with van der Waals surface area (Å²) in [7, 11) is 4.28. The summed E-state index contributed by atoms with van der Waals surface area (Å²) in [4.78, 5) is 25.8. The molecule has 2 aromatic carbocycles. The van der Waals surface area contributed by atoms with Gasteiger partial charge in [-0.05, 0) is 25.1 Å². The molecule has 0 bridgehead atoms. The Bertz CT molecular complexity index is 882. The van der Waals surface area contributed by atoms with E-state index in [0.717, 1.165) is 0 Å². The van der Waals surface area contributed by atoms with E-state index in [0.29, 0.717) is 17.1 Å². The molecule has 0 fully saturated rings. The van der Waals surface area contributed by atoms with Crippen LogP contribution in [0, 0.1) is 6.92 Å². The fourth-order valence-electron chi connectivity index (χ4n) is 2.98. The number of benzene rings is 2. The zero-order valence-electron chi connectivity index (χ0n) is 13.7. The Kier molecular flexibility index (Phi) is 3.67. The molecule has 1 aliphatic carbocycles. The molecule has 1 aliphatic rings. The molecule has 0 heterocycles. The molecule has 6 heteroatoms. The lowest BCUT2D eigenvalue weighted by Gasteiger charge is -2.23. The number of rotatable bonds is 3. The number of carbonyl (C=O) groups excluding carboxylic acids is 2. The predicted molar refractivity (Wildman–Crippen MR) is 85.8 cm³/mol. The van der Waals surface area contributed by atoms with E-state index in [1.165, 1.54) is 33.5 Å². The standard InChI is InChI=1S/C18H16O6/c1-8-12(23-3)7-10-13(15(8)19)16(20)9-5-6-11(22-2)18(24-4)14(9)17(10)21/h5-7,19H,1-4H3. The van der Waals surface area contributed by atoms with E-state index in [1.54, 1.807) is 13.0 Å². The second-order valence-electron chi connectivity index (χ2n) is 5.36. The van der Waals surface area contributed by atoms with Crippen LogP contribution in [0.2, 0.25) is 0 Å². The van der Waals surface area contributed by atoms with Crippen molar-refractivity contribution in [3.63, 3.8) is 0 Å². The third-order valence-corrected chi connectivity index (χ3v) is 4.22.